The molecule has 0 aromatic heterocycles. The van der Waals surface area contributed by atoms with Crippen molar-refractivity contribution in [3.05, 3.63) is 16.6 Å². The molecule has 0 aromatic rings. The Morgan fingerprint density at radius 2 is 0.950 bits per heavy atom. The van der Waals surface area contributed by atoms with Gasteiger partial charge < -0.3 is 0 Å². The van der Waals surface area contributed by atoms with Crippen molar-refractivity contribution in [1.29, 1.82) is 0 Å². The molecule has 0 heterocycles. The van der Waals surface area contributed by atoms with Crippen LogP contribution in [0, 0.1) is 0 Å². The van der Waals surface area contributed by atoms with Crippen LogP contribution in [0.15, 0.2) is 16.6 Å². The normalized spacial score (nSPS) is 14.2. The Balaban J connectivity index is 5.96. The van der Waals surface area contributed by atoms with Crippen LogP contribution >= 0.6 is 0 Å². The third-order valence-corrected chi connectivity index (χ3v) is 20.8. The fourth-order valence-electron chi connectivity index (χ4n) is 3.52. The first kappa shape index (κ1) is 20.4. The zero-order valence-electron chi connectivity index (χ0n) is 16.2. The van der Waals surface area contributed by atoms with Gasteiger partial charge in [0.1, 0.15) is 0 Å². The van der Waals surface area contributed by atoms with E-state index in [2.05, 4.69) is 90.4 Å². The molecular formula is C16H38Si4. The van der Waals surface area contributed by atoms with Crippen LogP contribution in [0.5, 0.6) is 0 Å². The fourth-order valence-corrected chi connectivity index (χ4v) is 25.1. The van der Waals surface area contributed by atoms with Crippen LogP contribution in [0.25, 0.3) is 0 Å². The van der Waals surface area contributed by atoms with Crippen LogP contribution in [0.3, 0.4) is 0 Å². The summed E-state index contributed by atoms with van der Waals surface area (Å²) in [5.41, 5.74) is 3.90. The zero-order valence-corrected chi connectivity index (χ0v) is 20.2. The van der Waals surface area contributed by atoms with E-state index in [0.717, 1.165) is 5.16 Å². The average Bonchev–Trinajstić information content (AvgIpc) is 2.02. The van der Waals surface area contributed by atoms with Gasteiger partial charge in [-0.2, -0.15) is 0 Å². The van der Waals surface area contributed by atoms with Gasteiger partial charge >= 0.3 is 0 Å². The summed E-state index contributed by atoms with van der Waals surface area (Å²) in [6.45, 7) is 30.1. The summed E-state index contributed by atoms with van der Waals surface area (Å²) in [5, 5.41) is 0.831. The second-order valence-corrected chi connectivity index (χ2v) is 32.2. The smallest absolute Gasteiger partial charge is 0.0772 e. The van der Waals surface area contributed by atoms with Gasteiger partial charge in [-0.3, -0.25) is 0 Å². The molecule has 0 saturated carbocycles. The van der Waals surface area contributed by atoms with Gasteiger partial charge in [0, 0.05) is 16.1 Å². The maximum Gasteiger partial charge on any atom is 0.0772 e. The summed E-state index contributed by atoms with van der Waals surface area (Å²) in [6, 6.07) is 0. The number of allylic oxidation sites excluding steroid dienone is 1. The molecule has 20 heavy (non-hydrogen) atoms. The van der Waals surface area contributed by atoms with Crippen LogP contribution in [0.4, 0.5) is 0 Å². The third-order valence-electron chi connectivity index (χ3n) is 3.76. The van der Waals surface area contributed by atoms with Gasteiger partial charge in [0.2, 0.25) is 0 Å². The Morgan fingerprint density at radius 1 is 0.650 bits per heavy atom. The monoisotopic (exact) mass is 342 g/mol. The highest BCUT2D eigenvalue weighted by Crippen LogP contribution is 2.34. The topological polar surface area (TPSA) is 0 Å². The standard InChI is InChI=1S/C16H38Si4/c1-17(2,3)15(18(4,5)6)13-14-16(19(7,8)9)20(10,11)12/h13,15H,1-12H3. The average molecular weight is 343 g/mol. The molecular weight excluding hydrogens is 305 g/mol. The molecule has 0 aliphatic heterocycles. The molecule has 0 saturated heterocycles. The highest BCUT2D eigenvalue weighted by molar-refractivity contribution is 7.04. The second-order valence-electron chi connectivity index (χ2n) is 10.4. The lowest BCUT2D eigenvalue weighted by Gasteiger charge is -2.36. The minimum atomic E-state index is -1.24. The van der Waals surface area contributed by atoms with E-state index in [1.807, 2.05) is 0 Å². The Morgan fingerprint density at radius 3 is 1.15 bits per heavy atom. The molecule has 0 N–H and O–H groups in total. The van der Waals surface area contributed by atoms with Crippen molar-refractivity contribution in [2.24, 2.45) is 0 Å². The van der Waals surface area contributed by atoms with Crippen molar-refractivity contribution in [2.75, 3.05) is 0 Å². The first-order chi connectivity index (χ1) is 8.47. The maximum absolute atomic E-state index is 3.90. The van der Waals surface area contributed by atoms with Gasteiger partial charge in [0.15, 0.2) is 0 Å². The Kier molecular flexibility index (Phi) is 6.37. The third kappa shape index (κ3) is 6.44. The molecule has 4 heteroatoms. The molecule has 0 aromatic carbocycles. The molecule has 0 amide bonds. The van der Waals surface area contributed by atoms with Crippen LogP contribution < -0.4 is 0 Å². The summed E-state index contributed by atoms with van der Waals surface area (Å²) in [7, 11) is -4.77. The second kappa shape index (κ2) is 6.25. The van der Waals surface area contributed by atoms with Gasteiger partial charge in [-0.1, -0.05) is 83.4 Å². The molecule has 0 aliphatic rings. The van der Waals surface area contributed by atoms with Crippen molar-refractivity contribution in [1.82, 2.24) is 0 Å². The van der Waals surface area contributed by atoms with Crippen molar-refractivity contribution in [3.8, 4) is 0 Å². The van der Waals surface area contributed by atoms with E-state index in [1.54, 1.807) is 4.82 Å². The number of hydrogen-bond donors (Lipinski definition) is 0. The van der Waals surface area contributed by atoms with Gasteiger partial charge in [-0.15, -0.1) is 5.73 Å². The largest absolute Gasteiger partial charge is 0.135 e. The van der Waals surface area contributed by atoms with Crippen molar-refractivity contribution >= 4 is 32.3 Å². The summed E-state index contributed by atoms with van der Waals surface area (Å²) in [4.78, 5) is 1.73. The highest BCUT2D eigenvalue weighted by atomic mass is 28.4. The Labute approximate surface area is 132 Å². The predicted octanol–water partition coefficient (Wildman–Crippen LogP) is 6.41. The van der Waals surface area contributed by atoms with Gasteiger partial charge in [-0.05, 0) is 11.2 Å². The SMILES string of the molecule is C[Si](C)(C)C(=C=CC([Si](C)(C)C)[Si](C)(C)C)[Si](C)(C)C. The minimum absolute atomic E-state index is 0.831. The summed E-state index contributed by atoms with van der Waals surface area (Å²) in [6.07, 6.45) is 2.53. The molecule has 0 fully saturated rings. The highest BCUT2D eigenvalue weighted by Gasteiger charge is 2.36. The number of rotatable bonds is 5. The van der Waals surface area contributed by atoms with Crippen molar-refractivity contribution < 1.29 is 0 Å². The van der Waals surface area contributed by atoms with Crippen LogP contribution in [-0.2, 0) is 0 Å². The van der Waals surface area contributed by atoms with Gasteiger partial charge in [0.25, 0.3) is 0 Å². The predicted molar refractivity (Wildman–Crippen MR) is 109 cm³/mol. The van der Waals surface area contributed by atoms with E-state index < -0.39 is 32.3 Å². The summed E-state index contributed by atoms with van der Waals surface area (Å²) < 4.78 is 0. The van der Waals surface area contributed by atoms with Crippen LogP contribution in [0.2, 0.25) is 83.7 Å². The molecule has 0 rings (SSSR count). The van der Waals surface area contributed by atoms with E-state index in [9.17, 15) is 0 Å². The minimum Gasteiger partial charge on any atom is -0.135 e. The summed E-state index contributed by atoms with van der Waals surface area (Å²) in [5.74, 6) is 0. The lowest BCUT2D eigenvalue weighted by atomic mass is 10.7. The van der Waals surface area contributed by atoms with Crippen molar-refractivity contribution in [3.63, 3.8) is 0 Å². The summed E-state index contributed by atoms with van der Waals surface area (Å²) >= 11 is 0. The molecule has 0 unspecified atom stereocenters. The molecule has 0 nitrogen and oxygen atoms in total. The van der Waals surface area contributed by atoms with E-state index in [1.165, 1.54) is 0 Å². The van der Waals surface area contributed by atoms with E-state index in [4.69, 9.17) is 0 Å². The quantitative estimate of drug-likeness (QED) is 0.400. The van der Waals surface area contributed by atoms with E-state index in [0.29, 0.717) is 0 Å². The van der Waals surface area contributed by atoms with Gasteiger partial charge in [0.05, 0.1) is 16.1 Å². The Bertz CT molecular complexity index is 358. The van der Waals surface area contributed by atoms with E-state index >= 15 is 0 Å². The van der Waals surface area contributed by atoms with Crippen molar-refractivity contribution in [2.45, 2.75) is 83.7 Å². The first-order valence-corrected chi connectivity index (χ1v) is 22.1. The van der Waals surface area contributed by atoms with Crippen LogP contribution in [0.1, 0.15) is 0 Å². The number of hydrogen-bond acceptors (Lipinski definition) is 0. The molecule has 0 radical (unpaired) electrons. The fraction of sp³-hybridized carbons (Fsp3) is 0.812. The molecule has 0 spiro atoms. The molecule has 118 valence electrons. The molecule has 0 bridgehead atoms. The maximum atomic E-state index is 3.90. The lowest BCUT2D eigenvalue weighted by Crippen LogP contribution is -2.43. The zero-order chi connectivity index (χ0) is 16.6. The lowest BCUT2D eigenvalue weighted by molar-refractivity contribution is 1.31. The van der Waals surface area contributed by atoms with Crippen LogP contribution in [-0.4, -0.2) is 32.3 Å². The van der Waals surface area contributed by atoms with E-state index in [-0.39, 0.29) is 0 Å². The Hall–Kier alpha value is 0.388. The molecule has 0 aliphatic carbocycles. The molecule has 0 atom stereocenters. The first-order valence-electron chi connectivity index (χ1n) is 7.95. The van der Waals surface area contributed by atoms with Gasteiger partial charge in [-0.25, -0.2) is 0 Å².